The van der Waals surface area contributed by atoms with Crippen LogP contribution in [0.1, 0.15) is 0 Å². The van der Waals surface area contributed by atoms with Gasteiger partial charge in [-0.05, 0) is 157 Å². The van der Waals surface area contributed by atoms with Crippen LogP contribution in [0.15, 0.2) is 211 Å². The quantitative estimate of drug-likeness (QED) is 0.164. The zero-order chi connectivity index (χ0) is 38.6. The van der Waals surface area contributed by atoms with Crippen molar-refractivity contribution in [3.8, 4) is 33.4 Å². The van der Waals surface area contributed by atoms with Gasteiger partial charge in [-0.3, -0.25) is 0 Å². The normalized spacial score (nSPS) is 12.1. The van der Waals surface area contributed by atoms with Gasteiger partial charge in [0.2, 0.25) is 0 Å². The summed E-state index contributed by atoms with van der Waals surface area (Å²) in [4.78, 5) is 0. The molecule has 0 bridgehead atoms. The van der Waals surface area contributed by atoms with Gasteiger partial charge in [0.25, 0.3) is 0 Å². The van der Waals surface area contributed by atoms with Crippen molar-refractivity contribution < 1.29 is 4.42 Å². The molecule has 0 amide bonds. The van der Waals surface area contributed by atoms with Crippen molar-refractivity contribution in [2.45, 2.75) is 0 Å². The third-order valence-corrected chi connectivity index (χ3v) is 12.8. The van der Waals surface area contributed by atoms with Crippen LogP contribution in [0.5, 0.6) is 0 Å². The molecule has 1 aromatic heterocycles. The minimum atomic E-state index is 0.900. The van der Waals surface area contributed by atoms with Crippen molar-refractivity contribution in [1.82, 2.24) is 0 Å². The third kappa shape index (κ3) is 4.92. The lowest BCUT2D eigenvalue weighted by Gasteiger charge is -2.12. The number of hydrogen-bond acceptors (Lipinski definition) is 1. The Morgan fingerprint density at radius 1 is 0.186 bits per heavy atom. The second-order valence-electron chi connectivity index (χ2n) is 16.0. The Labute approximate surface area is 340 Å². The van der Waals surface area contributed by atoms with Crippen molar-refractivity contribution in [3.63, 3.8) is 0 Å². The lowest BCUT2D eigenvalue weighted by molar-refractivity contribution is 0.669. The van der Waals surface area contributed by atoms with Crippen LogP contribution >= 0.6 is 0 Å². The van der Waals surface area contributed by atoms with Gasteiger partial charge in [0, 0.05) is 10.8 Å². The molecule has 1 heteroatoms. The molecule has 0 aliphatic rings. The van der Waals surface area contributed by atoms with Crippen molar-refractivity contribution >= 4 is 97.3 Å². The number of benzene rings is 12. The molecule has 0 aliphatic carbocycles. The highest BCUT2D eigenvalue weighted by Crippen LogP contribution is 2.41. The smallest absolute Gasteiger partial charge is 0.135 e. The molecular weight excluding hydrogens is 713 g/mol. The molecule has 13 rings (SSSR count). The summed E-state index contributed by atoms with van der Waals surface area (Å²) in [6.45, 7) is 0. The molecule has 0 unspecified atom stereocenters. The van der Waals surface area contributed by atoms with Crippen molar-refractivity contribution in [2.24, 2.45) is 0 Å². The van der Waals surface area contributed by atoms with Crippen LogP contribution in [0.25, 0.3) is 131 Å². The summed E-state index contributed by atoms with van der Waals surface area (Å²) in [7, 11) is 0. The number of rotatable bonds is 3. The summed E-state index contributed by atoms with van der Waals surface area (Å²) in [6.07, 6.45) is 0. The molecule has 1 nitrogen and oxygen atoms in total. The van der Waals surface area contributed by atoms with Crippen LogP contribution in [0.2, 0.25) is 0 Å². The summed E-state index contributed by atoms with van der Waals surface area (Å²) < 4.78 is 6.43. The predicted molar refractivity (Wildman–Crippen MR) is 253 cm³/mol. The fraction of sp³-hybridized carbons (Fsp3) is 0. The highest BCUT2D eigenvalue weighted by atomic mass is 16.3. The maximum Gasteiger partial charge on any atom is 0.135 e. The Balaban J connectivity index is 0.904. The predicted octanol–water partition coefficient (Wildman–Crippen LogP) is 16.7. The van der Waals surface area contributed by atoms with Gasteiger partial charge in [-0.15, -0.1) is 0 Å². The van der Waals surface area contributed by atoms with E-state index in [0.717, 1.165) is 21.9 Å². The number of hydrogen-bond donors (Lipinski definition) is 0. The van der Waals surface area contributed by atoms with Crippen LogP contribution in [0.4, 0.5) is 0 Å². The van der Waals surface area contributed by atoms with E-state index < -0.39 is 0 Å². The molecular formula is C58H34O. The van der Waals surface area contributed by atoms with Crippen molar-refractivity contribution in [3.05, 3.63) is 206 Å². The van der Waals surface area contributed by atoms with Gasteiger partial charge in [0.15, 0.2) is 0 Å². The van der Waals surface area contributed by atoms with Gasteiger partial charge in [0.05, 0.1) is 0 Å². The average Bonchev–Trinajstić information content (AvgIpc) is 3.68. The Morgan fingerprint density at radius 2 is 0.458 bits per heavy atom. The van der Waals surface area contributed by atoms with Crippen molar-refractivity contribution in [1.29, 1.82) is 0 Å². The number of fused-ring (bicyclic) bond motifs is 16. The highest BCUT2D eigenvalue weighted by Gasteiger charge is 2.14. The second kappa shape index (κ2) is 12.4. The monoisotopic (exact) mass is 746 g/mol. The van der Waals surface area contributed by atoms with Crippen LogP contribution in [-0.4, -0.2) is 0 Å². The van der Waals surface area contributed by atoms with E-state index in [9.17, 15) is 0 Å². The summed E-state index contributed by atoms with van der Waals surface area (Å²) in [5.41, 5.74) is 8.97. The Kier molecular flexibility index (Phi) is 6.79. The first-order valence-electron chi connectivity index (χ1n) is 20.4. The molecule has 0 radical (unpaired) electrons. The summed E-state index contributed by atoms with van der Waals surface area (Å²) >= 11 is 0. The molecule has 59 heavy (non-hydrogen) atoms. The zero-order valence-electron chi connectivity index (χ0n) is 32.0. The molecule has 0 spiro atoms. The van der Waals surface area contributed by atoms with Gasteiger partial charge < -0.3 is 4.42 Å². The van der Waals surface area contributed by atoms with E-state index in [1.165, 1.54) is 109 Å². The summed E-state index contributed by atoms with van der Waals surface area (Å²) in [5, 5.41) is 20.2. The Bertz CT molecular complexity index is 3830. The highest BCUT2D eigenvalue weighted by molar-refractivity contribution is 6.27. The number of furan rings is 1. The van der Waals surface area contributed by atoms with Crippen LogP contribution in [-0.2, 0) is 0 Å². The minimum absolute atomic E-state index is 0.900. The van der Waals surface area contributed by atoms with Gasteiger partial charge in [-0.25, -0.2) is 0 Å². The van der Waals surface area contributed by atoms with Gasteiger partial charge in [-0.2, -0.15) is 0 Å². The topological polar surface area (TPSA) is 13.1 Å². The lowest BCUT2D eigenvalue weighted by atomic mass is 9.91. The first-order valence-corrected chi connectivity index (χ1v) is 20.4. The standard InChI is InChI=1S/C58H34O/c1-3-13-47-43(9-1)45-11-5-7-15-49(45)53-31-38(21-25-51(47)53)36-19-17-35-18-20-37(30-42(35)29-36)40-23-27-57-55(33-40)56-34-41(24-28-58(56)59-57)39-22-26-52-48-14-4-2-10-44(48)46-12-6-8-16-50(46)54(52)32-39/h1-34H. The molecule has 272 valence electrons. The van der Waals surface area contributed by atoms with Crippen molar-refractivity contribution in [2.75, 3.05) is 0 Å². The van der Waals surface area contributed by atoms with E-state index >= 15 is 0 Å². The molecule has 0 fully saturated rings. The van der Waals surface area contributed by atoms with E-state index in [4.69, 9.17) is 4.42 Å². The average molecular weight is 747 g/mol. The van der Waals surface area contributed by atoms with Crippen LogP contribution in [0, 0.1) is 0 Å². The maximum atomic E-state index is 6.43. The van der Waals surface area contributed by atoms with Crippen LogP contribution < -0.4 is 0 Å². The lowest BCUT2D eigenvalue weighted by Crippen LogP contribution is -1.85. The summed E-state index contributed by atoms with van der Waals surface area (Å²) in [5.74, 6) is 0. The molecule has 0 atom stereocenters. The van der Waals surface area contributed by atoms with Gasteiger partial charge >= 0.3 is 0 Å². The first-order chi connectivity index (χ1) is 29.2. The Morgan fingerprint density at radius 3 is 0.831 bits per heavy atom. The van der Waals surface area contributed by atoms with E-state index in [-0.39, 0.29) is 0 Å². The van der Waals surface area contributed by atoms with Crippen LogP contribution in [0.3, 0.4) is 0 Å². The molecule has 13 aromatic rings. The fourth-order valence-electron chi connectivity index (χ4n) is 9.92. The van der Waals surface area contributed by atoms with E-state index in [1.54, 1.807) is 0 Å². The molecule has 0 saturated carbocycles. The first kappa shape index (κ1) is 32.4. The van der Waals surface area contributed by atoms with Gasteiger partial charge in [0.1, 0.15) is 11.2 Å². The molecule has 0 aliphatic heterocycles. The molecule has 1 heterocycles. The SMILES string of the molecule is c1ccc2c(c1)c1ccccc1c1cc(-c3ccc4ccc(-c5ccc6oc7ccc(-c8ccc9c%10ccccc%10c%10ccccc%10c9c8)cc7c6c5)cc4c3)ccc21. The fourth-order valence-corrected chi connectivity index (χ4v) is 9.92. The molecule has 0 saturated heterocycles. The maximum absolute atomic E-state index is 6.43. The largest absolute Gasteiger partial charge is 0.456 e. The molecule has 12 aromatic carbocycles. The summed E-state index contributed by atoms with van der Waals surface area (Å²) in [6, 6.07) is 75.9. The minimum Gasteiger partial charge on any atom is -0.456 e. The van der Waals surface area contributed by atoms with E-state index in [2.05, 4.69) is 206 Å². The zero-order valence-corrected chi connectivity index (χ0v) is 32.0. The Hall–Kier alpha value is -7.74. The van der Waals surface area contributed by atoms with Gasteiger partial charge in [-0.1, -0.05) is 158 Å². The van der Waals surface area contributed by atoms with E-state index in [1.807, 2.05) is 0 Å². The molecule has 0 N–H and O–H groups in total. The third-order valence-electron chi connectivity index (χ3n) is 12.8. The second-order valence-corrected chi connectivity index (χ2v) is 16.0. The van der Waals surface area contributed by atoms with E-state index in [0.29, 0.717) is 0 Å².